The molecule has 0 saturated carbocycles. The Balaban J connectivity index is 2.96. The molecule has 1 aromatic rings. The number of aromatic nitrogens is 3. The lowest BCUT2D eigenvalue weighted by molar-refractivity contribution is 0.956. The van der Waals surface area contributed by atoms with Crippen molar-refractivity contribution in [2.45, 2.75) is 13.8 Å². The van der Waals surface area contributed by atoms with Gasteiger partial charge in [0.15, 0.2) is 0 Å². The first kappa shape index (κ1) is 6.86. The monoisotopic (exact) mass is 135 g/mol. The molecule has 0 atom stereocenters. The highest BCUT2D eigenvalue weighted by Crippen LogP contribution is 2.05. The Morgan fingerprint density at radius 3 is 2.80 bits per heavy atom. The molecule has 1 rings (SSSR count). The zero-order chi connectivity index (χ0) is 7.40. The van der Waals surface area contributed by atoms with Crippen LogP contribution in [0.15, 0.2) is 18.6 Å². The average molecular weight is 135 g/mol. The van der Waals surface area contributed by atoms with Crippen molar-refractivity contribution in [1.29, 1.82) is 0 Å². The third kappa shape index (κ3) is 1.37. The molecule has 0 amide bonds. The van der Waals surface area contributed by atoms with Gasteiger partial charge in [0.1, 0.15) is 6.33 Å². The standard InChI is InChI=1S/C7H9N3/c1-3-6(2)7-4-9-10-5-8-7/h3-5H,1-2H3/b6-3+. The van der Waals surface area contributed by atoms with Crippen molar-refractivity contribution in [3.63, 3.8) is 0 Å². The summed E-state index contributed by atoms with van der Waals surface area (Å²) in [7, 11) is 0. The summed E-state index contributed by atoms with van der Waals surface area (Å²) in [6.45, 7) is 3.96. The van der Waals surface area contributed by atoms with E-state index in [0.717, 1.165) is 11.3 Å². The molecular formula is C7H9N3. The number of nitrogens with zero attached hydrogens (tertiary/aromatic N) is 3. The third-order valence-electron chi connectivity index (χ3n) is 1.33. The van der Waals surface area contributed by atoms with Crippen LogP contribution in [0, 0.1) is 0 Å². The van der Waals surface area contributed by atoms with Gasteiger partial charge in [0, 0.05) is 0 Å². The molecule has 0 bridgehead atoms. The summed E-state index contributed by atoms with van der Waals surface area (Å²) in [5.74, 6) is 0. The predicted octanol–water partition coefficient (Wildman–Crippen LogP) is 1.29. The predicted molar refractivity (Wildman–Crippen MR) is 39.2 cm³/mol. The van der Waals surface area contributed by atoms with E-state index in [9.17, 15) is 0 Å². The van der Waals surface area contributed by atoms with Crippen molar-refractivity contribution in [1.82, 2.24) is 15.2 Å². The molecule has 0 saturated heterocycles. The van der Waals surface area contributed by atoms with Gasteiger partial charge in [-0.15, -0.1) is 5.10 Å². The zero-order valence-corrected chi connectivity index (χ0v) is 6.07. The van der Waals surface area contributed by atoms with Crippen molar-refractivity contribution >= 4 is 5.57 Å². The smallest absolute Gasteiger partial charge is 0.138 e. The van der Waals surface area contributed by atoms with E-state index in [1.54, 1.807) is 6.20 Å². The molecule has 0 aromatic carbocycles. The molecule has 0 N–H and O–H groups in total. The Kier molecular flexibility index (Phi) is 2.10. The van der Waals surface area contributed by atoms with Crippen molar-refractivity contribution in [2.24, 2.45) is 0 Å². The van der Waals surface area contributed by atoms with Crippen molar-refractivity contribution in [2.75, 3.05) is 0 Å². The van der Waals surface area contributed by atoms with Crippen LogP contribution in [0.2, 0.25) is 0 Å². The maximum Gasteiger partial charge on any atom is 0.138 e. The van der Waals surface area contributed by atoms with E-state index < -0.39 is 0 Å². The molecule has 0 aliphatic carbocycles. The van der Waals surface area contributed by atoms with Crippen LogP contribution in [0.25, 0.3) is 5.57 Å². The second kappa shape index (κ2) is 3.06. The largest absolute Gasteiger partial charge is 0.233 e. The molecule has 0 unspecified atom stereocenters. The van der Waals surface area contributed by atoms with Crippen LogP contribution in [-0.2, 0) is 0 Å². The minimum absolute atomic E-state index is 0.887. The first-order chi connectivity index (χ1) is 4.84. The van der Waals surface area contributed by atoms with Gasteiger partial charge in [-0.1, -0.05) is 6.08 Å². The van der Waals surface area contributed by atoms with Gasteiger partial charge in [-0.05, 0) is 19.4 Å². The van der Waals surface area contributed by atoms with Crippen molar-refractivity contribution < 1.29 is 0 Å². The van der Waals surface area contributed by atoms with Crippen LogP contribution in [0.1, 0.15) is 19.5 Å². The molecule has 0 aliphatic rings. The lowest BCUT2D eigenvalue weighted by Gasteiger charge is -1.94. The van der Waals surface area contributed by atoms with Crippen LogP contribution in [0.4, 0.5) is 0 Å². The Labute approximate surface area is 59.8 Å². The normalized spacial score (nSPS) is 11.6. The summed E-state index contributed by atoms with van der Waals surface area (Å²) < 4.78 is 0. The van der Waals surface area contributed by atoms with E-state index in [1.807, 2.05) is 19.9 Å². The summed E-state index contributed by atoms with van der Waals surface area (Å²) >= 11 is 0. The number of rotatable bonds is 1. The topological polar surface area (TPSA) is 38.7 Å². The highest BCUT2D eigenvalue weighted by Gasteiger charge is 1.92. The first-order valence-electron chi connectivity index (χ1n) is 3.10. The molecule has 10 heavy (non-hydrogen) atoms. The van der Waals surface area contributed by atoms with Gasteiger partial charge in [0.05, 0.1) is 11.9 Å². The van der Waals surface area contributed by atoms with E-state index in [1.165, 1.54) is 6.33 Å². The lowest BCUT2D eigenvalue weighted by Crippen LogP contribution is -1.88. The van der Waals surface area contributed by atoms with Crippen LogP contribution >= 0.6 is 0 Å². The molecule has 3 nitrogen and oxygen atoms in total. The molecule has 1 aromatic heterocycles. The van der Waals surface area contributed by atoms with E-state index >= 15 is 0 Å². The maximum absolute atomic E-state index is 4.01. The highest BCUT2D eigenvalue weighted by molar-refractivity contribution is 5.58. The molecule has 0 aliphatic heterocycles. The van der Waals surface area contributed by atoms with Crippen molar-refractivity contribution in [3.05, 3.63) is 24.3 Å². The number of allylic oxidation sites excluding steroid dienone is 2. The summed E-state index contributed by atoms with van der Waals surface area (Å²) in [5.41, 5.74) is 2.01. The molecule has 1 heterocycles. The summed E-state index contributed by atoms with van der Waals surface area (Å²) in [6, 6.07) is 0. The fourth-order valence-corrected chi connectivity index (χ4v) is 0.591. The quantitative estimate of drug-likeness (QED) is 0.582. The fraction of sp³-hybridized carbons (Fsp3) is 0.286. The van der Waals surface area contributed by atoms with Gasteiger partial charge in [-0.25, -0.2) is 4.98 Å². The lowest BCUT2D eigenvalue weighted by atomic mass is 10.2. The van der Waals surface area contributed by atoms with Gasteiger partial charge in [-0.2, -0.15) is 5.10 Å². The fourth-order valence-electron chi connectivity index (χ4n) is 0.591. The summed E-state index contributed by atoms with van der Waals surface area (Å²) in [4.78, 5) is 4.01. The molecule has 3 heteroatoms. The van der Waals surface area contributed by atoms with Gasteiger partial charge in [0.25, 0.3) is 0 Å². The highest BCUT2D eigenvalue weighted by atomic mass is 15.1. The van der Waals surface area contributed by atoms with Crippen LogP contribution < -0.4 is 0 Å². The summed E-state index contributed by atoms with van der Waals surface area (Å²) in [6.07, 6.45) is 5.08. The molecule has 0 radical (unpaired) electrons. The van der Waals surface area contributed by atoms with Crippen LogP contribution in [-0.4, -0.2) is 15.2 Å². The Hall–Kier alpha value is -1.25. The average Bonchev–Trinajstić information content (AvgIpc) is 2.05. The van der Waals surface area contributed by atoms with E-state index in [2.05, 4.69) is 15.2 Å². The summed E-state index contributed by atoms with van der Waals surface area (Å²) in [5, 5.41) is 7.27. The second-order valence-electron chi connectivity index (χ2n) is 1.96. The molecule has 0 spiro atoms. The maximum atomic E-state index is 4.01. The van der Waals surface area contributed by atoms with Gasteiger partial charge in [-0.3, -0.25) is 0 Å². The van der Waals surface area contributed by atoms with E-state index in [4.69, 9.17) is 0 Å². The third-order valence-corrected chi connectivity index (χ3v) is 1.33. The molecular weight excluding hydrogens is 126 g/mol. The molecule has 52 valence electrons. The first-order valence-corrected chi connectivity index (χ1v) is 3.10. The minimum atomic E-state index is 0.887. The van der Waals surface area contributed by atoms with Gasteiger partial charge in [0.2, 0.25) is 0 Å². The van der Waals surface area contributed by atoms with Gasteiger partial charge < -0.3 is 0 Å². The Bertz CT molecular complexity index is 228. The van der Waals surface area contributed by atoms with E-state index in [-0.39, 0.29) is 0 Å². The van der Waals surface area contributed by atoms with Crippen LogP contribution in [0.3, 0.4) is 0 Å². The van der Waals surface area contributed by atoms with Crippen LogP contribution in [0.5, 0.6) is 0 Å². The SMILES string of the molecule is C/C=C(\C)c1cnncn1. The van der Waals surface area contributed by atoms with E-state index in [0.29, 0.717) is 0 Å². The second-order valence-corrected chi connectivity index (χ2v) is 1.96. The van der Waals surface area contributed by atoms with Crippen molar-refractivity contribution in [3.8, 4) is 0 Å². The molecule has 0 fully saturated rings. The van der Waals surface area contributed by atoms with Gasteiger partial charge >= 0.3 is 0 Å². The zero-order valence-electron chi connectivity index (χ0n) is 6.07. The Morgan fingerprint density at radius 1 is 1.50 bits per heavy atom. The number of hydrogen-bond acceptors (Lipinski definition) is 3. The Morgan fingerprint density at radius 2 is 2.30 bits per heavy atom. The minimum Gasteiger partial charge on any atom is -0.233 e. The number of hydrogen-bond donors (Lipinski definition) is 0.